The molecule has 360 valence electrons. The molecule has 0 aromatic heterocycles. The number of hydrogen-bond acceptors (Lipinski definition) is 7. The van der Waals surface area contributed by atoms with Crippen LogP contribution in [0.4, 0.5) is 0 Å². The average Bonchev–Trinajstić information content (AvgIpc) is 3.23. The van der Waals surface area contributed by atoms with Crippen LogP contribution < -0.4 is 5.11 Å². The average molecular weight is 872 g/mol. The van der Waals surface area contributed by atoms with Gasteiger partial charge in [-0.2, -0.15) is 0 Å². The van der Waals surface area contributed by atoms with Crippen LogP contribution in [-0.2, 0) is 28.6 Å². The number of ether oxygens (including phenoxy) is 3. The van der Waals surface area contributed by atoms with Crippen LogP contribution in [0.3, 0.4) is 0 Å². The largest absolute Gasteiger partial charge is 0.544 e. The lowest BCUT2D eigenvalue weighted by Crippen LogP contribution is -2.55. The van der Waals surface area contributed by atoms with Crippen LogP contribution >= 0.6 is 0 Å². The van der Waals surface area contributed by atoms with E-state index in [0.717, 1.165) is 64.2 Å². The summed E-state index contributed by atoms with van der Waals surface area (Å²) in [5.41, 5.74) is 0. The number of carbonyl (C=O) groups excluding carboxylic acids is 3. The highest BCUT2D eigenvalue weighted by Crippen LogP contribution is 2.17. The van der Waals surface area contributed by atoms with Crippen LogP contribution in [0.5, 0.6) is 0 Å². The number of esters is 2. The van der Waals surface area contributed by atoms with Crippen LogP contribution in [-0.4, -0.2) is 75.5 Å². The molecule has 0 aliphatic rings. The van der Waals surface area contributed by atoms with Gasteiger partial charge in [-0.1, -0.05) is 223 Å². The maximum absolute atomic E-state index is 12.7. The summed E-state index contributed by atoms with van der Waals surface area (Å²) < 4.78 is 17.2. The number of allylic oxidation sites excluding steroid dienone is 8. The van der Waals surface area contributed by atoms with E-state index in [-0.39, 0.29) is 42.7 Å². The minimum atomic E-state index is -1.13. The summed E-state index contributed by atoms with van der Waals surface area (Å²) >= 11 is 0. The molecule has 0 spiro atoms. The highest BCUT2D eigenvalue weighted by molar-refractivity contribution is 5.70. The van der Waals surface area contributed by atoms with E-state index in [2.05, 4.69) is 38.2 Å². The van der Waals surface area contributed by atoms with Crippen molar-refractivity contribution >= 4 is 17.9 Å². The van der Waals surface area contributed by atoms with E-state index < -0.39 is 18.1 Å². The molecule has 0 rings (SSSR count). The monoisotopic (exact) mass is 872 g/mol. The van der Waals surface area contributed by atoms with Crippen LogP contribution in [0.2, 0.25) is 0 Å². The van der Waals surface area contributed by atoms with E-state index in [9.17, 15) is 19.5 Å². The van der Waals surface area contributed by atoms with Gasteiger partial charge in [0.1, 0.15) is 12.6 Å². The van der Waals surface area contributed by atoms with Crippen molar-refractivity contribution in [2.24, 2.45) is 0 Å². The number of carboxylic acid groups (broad SMARTS) is 1. The Morgan fingerprint density at radius 1 is 0.500 bits per heavy atom. The lowest BCUT2D eigenvalue weighted by atomic mass is 10.0. The summed E-state index contributed by atoms with van der Waals surface area (Å²) in [6.45, 7) is 4.53. The van der Waals surface area contributed by atoms with Gasteiger partial charge in [0.05, 0.1) is 40.3 Å². The Bertz CT molecular complexity index is 1150. The van der Waals surface area contributed by atoms with Crippen molar-refractivity contribution in [2.45, 2.75) is 238 Å². The summed E-state index contributed by atoms with van der Waals surface area (Å²) in [7, 11) is 5.41. The Morgan fingerprint density at radius 2 is 0.903 bits per heavy atom. The number of nitrogens with zero attached hydrogens (tertiary/aromatic N) is 1. The van der Waals surface area contributed by atoms with Crippen molar-refractivity contribution in [1.29, 1.82) is 0 Å². The first-order valence-electron chi connectivity index (χ1n) is 25.7. The number of unbranched alkanes of at least 4 members (excludes halogenated alkanes) is 27. The van der Waals surface area contributed by atoms with Gasteiger partial charge in [-0.3, -0.25) is 9.59 Å². The zero-order valence-electron chi connectivity index (χ0n) is 41.0. The second-order valence-electron chi connectivity index (χ2n) is 18.5. The third-order valence-electron chi connectivity index (χ3n) is 11.6. The minimum absolute atomic E-state index is 0.0320. The number of carbonyl (C=O) groups is 3. The first-order chi connectivity index (χ1) is 30.1. The fraction of sp³-hybridized carbons (Fsp3) is 0.796. The smallest absolute Gasteiger partial charge is 0.306 e. The molecular formula is C54H97NO7. The van der Waals surface area contributed by atoms with Gasteiger partial charge in [-0.15, -0.1) is 0 Å². The first kappa shape index (κ1) is 59.3. The first-order valence-corrected chi connectivity index (χ1v) is 25.7. The van der Waals surface area contributed by atoms with Gasteiger partial charge < -0.3 is 28.6 Å². The molecule has 2 atom stereocenters. The van der Waals surface area contributed by atoms with Gasteiger partial charge in [-0.05, 0) is 32.1 Å². The highest BCUT2D eigenvalue weighted by Gasteiger charge is 2.25. The predicted molar refractivity (Wildman–Crippen MR) is 259 cm³/mol. The van der Waals surface area contributed by atoms with Gasteiger partial charge in [0.15, 0.2) is 6.10 Å². The third-order valence-corrected chi connectivity index (χ3v) is 11.6. The Balaban J connectivity index is 4.19. The maximum Gasteiger partial charge on any atom is 0.306 e. The second kappa shape index (κ2) is 44.9. The molecule has 0 aliphatic heterocycles. The van der Waals surface area contributed by atoms with Crippen LogP contribution in [0.15, 0.2) is 48.6 Å². The zero-order valence-corrected chi connectivity index (χ0v) is 41.0. The summed E-state index contributed by atoms with van der Waals surface area (Å²) in [6.07, 6.45) is 54.4. The van der Waals surface area contributed by atoms with Gasteiger partial charge >= 0.3 is 11.9 Å². The molecule has 0 aromatic carbocycles. The number of rotatable bonds is 46. The number of likely N-dealkylation sites (N-methyl/N-ethyl adjacent to an activating group) is 1. The standard InChI is InChI=1S/C54H97NO7/c1-6-8-10-12-14-16-18-20-22-23-24-25-26-27-28-29-31-32-34-36-38-40-42-44-52(56)61-49-50(48-60-47-46-51(54(58)59)55(3,4)5)62-53(57)45-43-41-39-37-35-33-30-21-19-17-15-13-11-9-7-2/h9,11,13,15,17,19,21,30,50-51H,6-8,10,12,14,16,18,20,22-29,31-49H2,1-5H3/b11-9+,15-13+,19-17+,30-21+. The quantitative estimate of drug-likeness (QED) is 0.0260. The van der Waals surface area contributed by atoms with Gasteiger partial charge in [0, 0.05) is 19.3 Å². The molecular weight excluding hydrogens is 775 g/mol. The minimum Gasteiger partial charge on any atom is -0.544 e. The maximum atomic E-state index is 12.7. The normalized spacial score (nSPS) is 13.2. The van der Waals surface area contributed by atoms with Crippen molar-refractivity contribution < 1.29 is 38.2 Å². The van der Waals surface area contributed by atoms with Crippen molar-refractivity contribution in [3.63, 3.8) is 0 Å². The molecule has 0 saturated heterocycles. The van der Waals surface area contributed by atoms with E-state index in [1.807, 2.05) is 24.3 Å². The van der Waals surface area contributed by atoms with E-state index in [1.54, 1.807) is 21.1 Å². The molecule has 0 aliphatic carbocycles. The second-order valence-corrected chi connectivity index (χ2v) is 18.5. The number of hydrogen-bond donors (Lipinski definition) is 0. The topological polar surface area (TPSA) is 102 Å². The van der Waals surface area contributed by atoms with Crippen molar-refractivity contribution in [3.8, 4) is 0 Å². The molecule has 0 saturated carbocycles. The highest BCUT2D eigenvalue weighted by atomic mass is 16.6. The van der Waals surface area contributed by atoms with E-state index in [1.165, 1.54) is 128 Å². The van der Waals surface area contributed by atoms with E-state index in [4.69, 9.17) is 14.2 Å². The third kappa shape index (κ3) is 42.6. The lowest BCUT2D eigenvalue weighted by Gasteiger charge is -2.34. The molecule has 0 bridgehead atoms. The molecule has 0 N–H and O–H groups in total. The number of quaternary nitrogens is 1. The molecule has 0 heterocycles. The summed E-state index contributed by atoms with van der Waals surface area (Å²) in [5, 5.41) is 11.7. The fourth-order valence-electron chi connectivity index (χ4n) is 7.61. The fourth-order valence-corrected chi connectivity index (χ4v) is 7.61. The van der Waals surface area contributed by atoms with Crippen molar-refractivity contribution in [1.82, 2.24) is 0 Å². The van der Waals surface area contributed by atoms with Crippen LogP contribution in [0, 0.1) is 0 Å². The Labute approximate surface area is 382 Å². The summed E-state index contributed by atoms with van der Waals surface area (Å²) in [5.74, 6) is -1.76. The molecule has 8 nitrogen and oxygen atoms in total. The van der Waals surface area contributed by atoms with Crippen molar-refractivity contribution in [2.75, 3.05) is 41.0 Å². The number of carboxylic acids is 1. The van der Waals surface area contributed by atoms with E-state index in [0.29, 0.717) is 12.8 Å². The van der Waals surface area contributed by atoms with Gasteiger partial charge in [0.2, 0.25) is 0 Å². The number of aliphatic carboxylic acids is 1. The molecule has 62 heavy (non-hydrogen) atoms. The van der Waals surface area contributed by atoms with Crippen LogP contribution in [0.1, 0.15) is 226 Å². The summed E-state index contributed by atoms with van der Waals surface area (Å²) in [6, 6.07) is -0.731. The van der Waals surface area contributed by atoms with E-state index >= 15 is 0 Å². The Morgan fingerprint density at radius 3 is 1.34 bits per heavy atom. The predicted octanol–water partition coefficient (Wildman–Crippen LogP) is 13.4. The molecule has 0 aromatic rings. The Kier molecular flexibility index (Phi) is 42.9. The molecule has 8 heteroatoms. The van der Waals surface area contributed by atoms with Gasteiger partial charge in [-0.25, -0.2) is 0 Å². The zero-order chi connectivity index (χ0) is 45.6. The van der Waals surface area contributed by atoms with Crippen molar-refractivity contribution in [3.05, 3.63) is 48.6 Å². The SMILES string of the molecule is CC/C=C/C=C/C=C/C=C/CCCCCCCC(=O)OC(COCCC(C(=O)[O-])[N+](C)(C)C)COC(=O)CCCCCCCCCCCCCCCCCCCCCCCCC. The molecule has 2 unspecified atom stereocenters. The summed E-state index contributed by atoms with van der Waals surface area (Å²) in [4.78, 5) is 37.0. The lowest BCUT2D eigenvalue weighted by molar-refractivity contribution is -0.889. The van der Waals surface area contributed by atoms with Crippen LogP contribution in [0.25, 0.3) is 0 Å². The molecule has 0 fully saturated rings. The van der Waals surface area contributed by atoms with Gasteiger partial charge in [0.25, 0.3) is 0 Å². The Hall–Kier alpha value is -2.71. The molecule has 0 amide bonds. The molecule has 0 radical (unpaired) electrons.